The van der Waals surface area contributed by atoms with Gasteiger partial charge in [-0.3, -0.25) is 9.78 Å². The molecule has 2 atom stereocenters. The maximum absolute atomic E-state index is 12.2. The molecule has 0 aromatic carbocycles. The molecule has 0 spiro atoms. The fraction of sp³-hybridized carbons (Fsp3) is 0.571. The van der Waals surface area contributed by atoms with Crippen LogP contribution in [0.25, 0.3) is 0 Å². The number of nitrogens with zero attached hydrogens (tertiary/aromatic N) is 2. The molecule has 104 valence electrons. The summed E-state index contributed by atoms with van der Waals surface area (Å²) in [7, 11) is 1.81. The van der Waals surface area contributed by atoms with Crippen molar-refractivity contribution in [1.82, 2.24) is 9.88 Å². The van der Waals surface area contributed by atoms with Crippen molar-refractivity contribution in [3.8, 4) is 0 Å². The number of nitrogens with two attached hydrogens (primary N) is 1. The van der Waals surface area contributed by atoms with E-state index < -0.39 is 0 Å². The van der Waals surface area contributed by atoms with Crippen molar-refractivity contribution < 1.29 is 9.53 Å². The first-order valence-corrected chi connectivity index (χ1v) is 6.71. The summed E-state index contributed by atoms with van der Waals surface area (Å²) >= 11 is 0. The molecule has 2 rings (SSSR count). The molecule has 5 nitrogen and oxygen atoms in total. The highest BCUT2D eigenvalue weighted by atomic mass is 16.5. The summed E-state index contributed by atoms with van der Waals surface area (Å²) in [6.45, 7) is 1.14. The minimum Gasteiger partial charge on any atom is -0.364 e. The third-order valence-corrected chi connectivity index (χ3v) is 3.45. The molecule has 2 heterocycles. The number of hydrogen-bond donors (Lipinski definition) is 1. The lowest BCUT2D eigenvalue weighted by molar-refractivity contribution is -0.141. The summed E-state index contributed by atoms with van der Waals surface area (Å²) in [5, 5.41) is 0. The lowest BCUT2D eigenvalue weighted by Gasteiger charge is -2.21. The lowest BCUT2D eigenvalue weighted by atomic mass is 10.1. The zero-order valence-corrected chi connectivity index (χ0v) is 11.3. The van der Waals surface area contributed by atoms with E-state index in [1.807, 2.05) is 25.2 Å². The van der Waals surface area contributed by atoms with E-state index in [-0.39, 0.29) is 18.1 Å². The number of carbonyl (C=O) groups excluding carboxylic acids is 1. The first kappa shape index (κ1) is 14.0. The van der Waals surface area contributed by atoms with Crippen LogP contribution in [0.3, 0.4) is 0 Å². The predicted octanol–water partition coefficient (Wildman–Crippen LogP) is 0.589. The van der Waals surface area contributed by atoms with Crippen LogP contribution in [-0.4, -0.2) is 48.1 Å². The third kappa shape index (κ3) is 3.75. The van der Waals surface area contributed by atoms with Crippen molar-refractivity contribution in [2.75, 3.05) is 20.1 Å². The first-order chi connectivity index (χ1) is 9.20. The Bertz CT molecular complexity index is 410. The largest absolute Gasteiger partial charge is 0.364 e. The van der Waals surface area contributed by atoms with E-state index in [9.17, 15) is 4.79 Å². The summed E-state index contributed by atoms with van der Waals surface area (Å²) in [5.41, 5.74) is 6.54. The molecule has 2 N–H and O–H groups in total. The molecule has 1 fully saturated rings. The van der Waals surface area contributed by atoms with Gasteiger partial charge in [0, 0.05) is 38.4 Å². The summed E-state index contributed by atoms with van der Waals surface area (Å²) in [5.74, 6) is 0.0480. The van der Waals surface area contributed by atoms with Crippen molar-refractivity contribution in [3.05, 3.63) is 30.1 Å². The van der Waals surface area contributed by atoms with Crippen molar-refractivity contribution in [2.45, 2.75) is 31.5 Å². The Hall–Kier alpha value is -1.46. The van der Waals surface area contributed by atoms with Gasteiger partial charge in [-0.25, -0.2) is 0 Å². The molecular formula is C14H21N3O2. The fourth-order valence-corrected chi connectivity index (χ4v) is 2.25. The smallest absolute Gasteiger partial charge is 0.251 e. The van der Waals surface area contributed by atoms with Crippen LogP contribution in [0.4, 0.5) is 0 Å². The van der Waals surface area contributed by atoms with Gasteiger partial charge in [-0.2, -0.15) is 0 Å². The highest BCUT2D eigenvalue weighted by molar-refractivity contribution is 5.80. The van der Waals surface area contributed by atoms with Gasteiger partial charge in [0.1, 0.15) is 6.10 Å². The van der Waals surface area contributed by atoms with Crippen molar-refractivity contribution in [1.29, 1.82) is 0 Å². The van der Waals surface area contributed by atoms with E-state index >= 15 is 0 Å². The molecule has 0 saturated carbocycles. The number of pyridine rings is 1. The average molecular weight is 263 g/mol. The van der Waals surface area contributed by atoms with Crippen molar-refractivity contribution in [2.24, 2.45) is 5.73 Å². The molecule has 1 aliphatic heterocycles. The molecule has 1 amide bonds. The van der Waals surface area contributed by atoms with E-state index in [4.69, 9.17) is 10.5 Å². The molecule has 1 aromatic rings. The molecule has 1 aliphatic rings. The number of likely N-dealkylation sites (N-methyl/N-ethyl adjacent to an activating group) is 1. The maximum Gasteiger partial charge on any atom is 0.251 e. The average Bonchev–Trinajstić information content (AvgIpc) is 2.94. The Morgan fingerprint density at radius 2 is 2.37 bits per heavy atom. The minimum atomic E-state index is -0.317. The van der Waals surface area contributed by atoms with Gasteiger partial charge in [0.25, 0.3) is 5.91 Å². The van der Waals surface area contributed by atoms with Crippen LogP contribution < -0.4 is 5.73 Å². The van der Waals surface area contributed by atoms with Crippen LogP contribution in [0.5, 0.6) is 0 Å². The molecular weight excluding hydrogens is 242 g/mol. The van der Waals surface area contributed by atoms with Crippen LogP contribution in [0.1, 0.15) is 18.5 Å². The molecule has 5 heteroatoms. The molecule has 19 heavy (non-hydrogen) atoms. The van der Waals surface area contributed by atoms with Gasteiger partial charge >= 0.3 is 0 Å². The number of amides is 1. The second-order valence-electron chi connectivity index (χ2n) is 4.89. The van der Waals surface area contributed by atoms with Crippen LogP contribution in [-0.2, 0) is 16.0 Å². The van der Waals surface area contributed by atoms with Crippen LogP contribution in [0, 0.1) is 0 Å². The maximum atomic E-state index is 12.2. The molecule has 2 unspecified atom stereocenters. The Balaban J connectivity index is 1.80. The predicted molar refractivity (Wildman–Crippen MR) is 72.5 cm³/mol. The van der Waals surface area contributed by atoms with Gasteiger partial charge < -0.3 is 15.4 Å². The topological polar surface area (TPSA) is 68.5 Å². The van der Waals surface area contributed by atoms with Gasteiger partial charge in [-0.15, -0.1) is 0 Å². The molecule has 1 saturated heterocycles. The molecule has 0 bridgehead atoms. The first-order valence-electron chi connectivity index (χ1n) is 6.71. The van der Waals surface area contributed by atoms with Crippen LogP contribution >= 0.6 is 0 Å². The lowest BCUT2D eigenvalue weighted by Crippen LogP contribution is -2.38. The zero-order chi connectivity index (χ0) is 13.7. The van der Waals surface area contributed by atoms with E-state index in [1.165, 1.54) is 0 Å². The number of ether oxygens (including phenoxy) is 1. The normalized spacial score (nSPS) is 22.4. The SMILES string of the molecule is CN(CCc1ccccn1)C(=O)C1CCC(CN)O1. The van der Waals surface area contributed by atoms with Crippen LogP contribution in [0.15, 0.2) is 24.4 Å². The fourth-order valence-electron chi connectivity index (χ4n) is 2.25. The second-order valence-corrected chi connectivity index (χ2v) is 4.89. The van der Waals surface area contributed by atoms with Gasteiger partial charge in [0.05, 0.1) is 6.10 Å². The van der Waals surface area contributed by atoms with E-state index in [1.54, 1.807) is 11.1 Å². The van der Waals surface area contributed by atoms with E-state index in [2.05, 4.69) is 4.98 Å². The second kappa shape index (κ2) is 6.63. The van der Waals surface area contributed by atoms with Crippen LogP contribution in [0.2, 0.25) is 0 Å². The standard InChI is InChI=1S/C14H21N3O2/c1-17(9-7-11-4-2-3-8-16-11)14(18)13-6-5-12(10-15)19-13/h2-4,8,12-13H,5-7,9-10,15H2,1H3. The Labute approximate surface area is 113 Å². The highest BCUT2D eigenvalue weighted by Gasteiger charge is 2.31. The quantitative estimate of drug-likeness (QED) is 0.844. The Morgan fingerprint density at radius 3 is 3.00 bits per heavy atom. The monoisotopic (exact) mass is 263 g/mol. The molecule has 0 radical (unpaired) electrons. The van der Waals surface area contributed by atoms with E-state index in [0.717, 1.165) is 25.0 Å². The molecule has 1 aromatic heterocycles. The van der Waals surface area contributed by atoms with Crippen molar-refractivity contribution in [3.63, 3.8) is 0 Å². The number of rotatable bonds is 5. The summed E-state index contributed by atoms with van der Waals surface area (Å²) in [4.78, 5) is 18.1. The third-order valence-electron chi connectivity index (χ3n) is 3.45. The summed E-state index contributed by atoms with van der Waals surface area (Å²) in [6.07, 6.45) is 3.90. The highest BCUT2D eigenvalue weighted by Crippen LogP contribution is 2.20. The van der Waals surface area contributed by atoms with E-state index in [0.29, 0.717) is 13.1 Å². The van der Waals surface area contributed by atoms with Gasteiger partial charge in [0.2, 0.25) is 0 Å². The zero-order valence-electron chi connectivity index (χ0n) is 11.3. The number of hydrogen-bond acceptors (Lipinski definition) is 4. The number of aromatic nitrogens is 1. The summed E-state index contributed by atoms with van der Waals surface area (Å²) < 4.78 is 5.61. The van der Waals surface area contributed by atoms with Crippen molar-refractivity contribution >= 4 is 5.91 Å². The van der Waals surface area contributed by atoms with Gasteiger partial charge in [-0.1, -0.05) is 6.07 Å². The Morgan fingerprint density at radius 1 is 1.53 bits per heavy atom. The minimum absolute atomic E-state index is 0.0399. The van der Waals surface area contributed by atoms with Gasteiger partial charge in [-0.05, 0) is 25.0 Å². The number of carbonyl (C=O) groups is 1. The summed E-state index contributed by atoms with van der Waals surface area (Å²) in [6, 6.07) is 5.81. The Kier molecular flexibility index (Phi) is 4.87. The molecule has 0 aliphatic carbocycles. The van der Waals surface area contributed by atoms with Gasteiger partial charge in [0.15, 0.2) is 0 Å².